The lowest BCUT2D eigenvalue weighted by atomic mass is 10.1. The number of benzene rings is 1. The first-order valence-corrected chi connectivity index (χ1v) is 6.05. The highest BCUT2D eigenvalue weighted by molar-refractivity contribution is 5.90. The van der Waals surface area contributed by atoms with Crippen molar-refractivity contribution in [1.82, 2.24) is 4.98 Å². The Kier molecular flexibility index (Phi) is 2.40. The predicted molar refractivity (Wildman–Crippen MR) is 68.8 cm³/mol. The zero-order valence-corrected chi connectivity index (χ0v) is 10.1. The lowest BCUT2D eigenvalue weighted by Crippen LogP contribution is -2.06. The van der Waals surface area contributed by atoms with Gasteiger partial charge in [0.1, 0.15) is 0 Å². The minimum atomic E-state index is -0.891. The minimum Gasteiger partial charge on any atom is -0.478 e. The van der Waals surface area contributed by atoms with Gasteiger partial charge in [-0.2, -0.15) is 0 Å². The van der Waals surface area contributed by atoms with Crippen LogP contribution in [0, 0.1) is 0 Å². The molecule has 0 radical (unpaired) electrons. The van der Waals surface area contributed by atoms with Crippen molar-refractivity contribution in [3.05, 3.63) is 52.7 Å². The molecule has 1 aromatic heterocycles. The number of nitrogens with zero attached hydrogens (tertiary/aromatic N) is 1. The number of carbonyl (C=O) groups is 1. The number of hydrogen-bond acceptors (Lipinski definition) is 2. The van der Waals surface area contributed by atoms with Crippen LogP contribution in [0.5, 0.6) is 0 Å². The fourth-order valence-corrected chi connectivity index (χ4v) is 2.53. The van der Waals surface area contributed by atoms with E-state index < -0.39 is 5.97 Å². The van der Waals surface area contributed by atoms with Crippen molar-refractivity contribution in [2.24, 2.45) is 0 Å². The Labute approximate surface area is 105 Å². The minimum absolute atomic E-state index is 0.337. The van der Waals surface area contributed by atoms with Crippen molar-refractivity contribution in [2.75, 3.05) is 0 Å². The van der Waals surface area contributed by atoms with Crippen LogP contribution >= 0.6 is 0 Å². The number of pyridine rings is 1. The molecule has 0 fully saturated rings. The van der Waals surface area contributed by atoms with Crippen molar-refractivity contribution in [1.29, 1.82) is 0 Å². The van der Waals surface area contributed by atoms with Crippen LogP contribution < -0.4 is 0 Å². The van der Waals surface area contributed by atoms with Crippen molar-refractivity contribution in [2.45, 2.75) is 19.8 Å². The van der Waals surface area contributed by atoms with Crippen molar-refractivity contribution < 1.29 is 9.90 Å². The van der Waals surface area contributed by atoms with Crippen LogP contribution in [0.2, 0.25) is 0 Å². The van der Waals surface area contributed by atoms with Crippen LogP contribution in [0.1, 0.15) is 34.1 Å². The van der Waals surface area contributed by atoms with E-state index in [-0.39, 0.29) is 0 Å². The van der Waals surface area contributed by atoms with Crippen LogP contribution in [-0.2, 0) is 12.8 Å². The Bertz CT molecular complexity index is 647. The summed E-state index contributed by atoms with van der Waals surface area (Å²) < 4.78 is 0. The summed E-state index contributed by atoms with van der Waals surface area (Å²) in [5.41, 5.74) is 5.34. The van der Waals surface area contributed by atoms with Crippen molar-refractivity contribution >= 4 is 5.97 Å². The highest BCUT2D eigenvalue weighted by atomic mass is 16.4. The summed E-state index contributed by atoms with van der Waals surface area (Å²) in [5.74, 6) is -0.891. The van der Waals surface area contributed by atoms with Crippen LogP contribution in [0.15, 0.2) is 30.3 Å². The van der Waals surface area contributed by atoms with Crippen LogP contribution in [0.25, 0.3) is 11.3 Å². The average molecular weight is 239 g/mol. The molecule has 1 aliphatic rings. The third-order valence-electron chi connectivity index (χ3n) is 3.40. The third kappa shape index (κ3) is 1.51. The summed E-state index contributed by atoms with van der Waals surface area (Å²) in [6.07, 6.45) is 1.42. The molecule has 0 spiro atoms. The Morgan fingerprint density at radius 3 is 2.83 bits per heavy atom. The summed E-state index contributed by atoms with van der Waals surface area (Å²) in [7, 11) is 0. The SMILES string of the molecule is CCc1nc2c(cc1C(=O)O)Cc1ccccc1-2. The molecule has 18 heavy (non-hydrogen) atoms. The summed E-state index contributed by atoms with van der Waals surface area (Å²) in [6.45, 7) is 1.93. The Balaban J connectivity index is 2.23. The van der Waals surface area contributed by atoms with Gasteiger partial charge >= 0.3 is 5.97 Å². The molecule has 0 bridgehead atoms. The van der Waals surface area contributed by atoms with Gasteiger partial charge < -0.3 is 5.11 Å². The molecule has 0 aliphatic heterocycles. The molecule has 3 rings (SSSR count). The quantitative estimate of drug-likeness (QED) is 0.748. The van der Waals surface area contributed by atoms with E-state index in [4.69, 9.17) is 0 Å². The Hall–Kier alpha value is -2.16. The second kappa shape index (κ2) is 3.95. The standard InChI is InChI=1S/C15H13NO2/c1-2-13-12(15(17)18)8-10-7-9-5-3-4-6-11(9)14(10)16-13/h3-6,8H,2,7H2,1H3,(H,17,18). The fourth-order valence-electron chi connectivity index (χ4n) is 2.53. The number of aromatic nitrogens is 1. The number of carboxylic acid groups (broad SMARTS) is 1. The summed E-state index contributed by atoms with van der Waals surface area (Å²) in [6, 6.07) is 9.90. The number of aromatic carboxylic acids is 1. The highest BCUT2D eigenvalue weighted by Crippen LogP contribution is 2.35. The molecule has 1 heterocycles. The first kappa shape index (κ1) is 11.0. The van der Waals surface area contributed by atoms with Crippen LogP contribution in [0.3, 0.4) is 0 Å². The van der Waals surface area contributed by atoms with E-state index in [0.29, 0.717) is 17.7 Å². The zero-order chi connectivity index (χ0) is 12.7. The fraction of sp³-hybridized carbons (Fsp3) is 0.200. The Morgan fingerprint density at radius 2 is 2.11 bits per heavy atom. The average Bonchev–Trinajstić information content (AvgIpc) is 2.74. The monoisotopic (exact) mass is 239 g/mol. The molecule has 2 aromatic rings. The topological polar surface area (TPSA) is 50.2 Å². The second-order valence-electron chi connectivity index (χ2n) is 4.48. The predicted octanol–water partition coefficient (Wildman–Crippen LogP) is 2.91. The lowest BCUT2D eigenvalue weighted by molar-refractivity contribution is 0.0695. The molecular formula is C15H13NO2. The summed E-state index contributed by atoms with van der Waals surface area (Å²) >= 11 is 0. The molecular weight excluding hydrogens is 226 g/mol. The zero-order valence-electron chi connectivity index (χ0n) is 10.1. The molecule has 1 aliphatic carbocycles. The van der Waals surface area contributed by atoms with E-state index in [9.17, 15) is 9.90 Å². The van der Waals surface area contributed by atoms with E-state index in [2.05, 4.69) is 11.1 Å². The largest absolute Gasteiger partial charge is 0.478 e. The highest BCUT2D eigenvalue weighted by Gasteiger charge is 2.23. The van der Waals surface area contributed by atoms with Gasteiger partial charge in [0.2, 0.25) is 0 Å². The smallest absolute Gasteiger partial charge is 0.337 e. The number of rotatable bonds is 2. The van der Waals surface area contributed by atoms with Gasteiger partial charge in [-0.3, -0.25) is 4.98 Å². The maximum absolute atomic E-state index is 11.2. The molecule has 0 unspecified atom stereocenters. The van der Waals surface area contributed by atoms with Gasteiger partial charge in [0.15, 0.2) is 0 Å². The number of fused-ring (bicyclic) bond motifs is 3. The molecule has 1 aromatic carbocycles. The second-order valence-corrected chi connectivity index (χ2v) is 4.48. The summed E-state index contributed by atoms with van der Waals surface area (Å²) in [4.78, 5) is 15.8. The molecule has 0 amide bonds. The molecule has 0 atom stereocenters. The Morgan fingerprint density at radius 1 is 1.33 bits per heavy atom. The van der Waals surface area contributed by atoms with Gasteiger partial charge in [-0.15, -0.1) is 0 Å². The molecule has 0 saturated heterocycles. The van der Waals surface area contributed by atoms with Crippen LogP contribution in [-0.4, -0.2) is 16.1 Å². The molecule has 3 nitrogen and oxygen atoms in total. The first-order valence-electron chi connectivity index (χ1n) is 6.05. The van der Waals surface area contributed by atoms with Crippen molar-refractivity contribution in [3.63, 3.8) is 0 Å². The van der Waals surface area contributed by atoms with Gasteiger partial charge in [0.05, 0.1) is 17.0 Å². The van der Waals surface area contributed by atoms with Gasteiger partial charge in [-0.05, 0) is 23.6 Å². The number of hydrogen-bond donors (Lipinski definition) is 1. The summed E-state index contributed by atoms with van der Waals surface area (Å²) in [5, 5.41) is 9.20. The van der Waals surface area contributed by atoms with Crippen LogP contribution in [0.4, 0.5) is 0 Å². The van der Waals surface area contributed by atoms with Gasteiger partial charge in [-0.1, -0.05) is 31.2 Å². The van der Waals surface area contributed by atoms with E-state index >= 15 is 0 Å². The lowest BCUT2D eigenvalue weighted by Gasteiger charge is -2.07. The van der Waals surface area contributed by atoms with E-state index in [1.54, 1.807) is 6.07 Å². The molecule has 90 valence electrons. The van der Waals surface area contributed by atoms with Crippen molar-refractivity contribution in [3.8, 4) is 11.3 Å². The third-order valence-corrected chi connectivity index (χ3v) is 3.40. The number of carboxylic acids is 1. The van der Waals surface area contributed by atoms with E-state index in [0.717, 1.165) is 23.2 Å². The molecule has 0 saturated carbocycles. The van der Waals surface area contributed by atoms with Gasteiger partial charge in [0.25, 0.3) is 0 Å². The van der Waals surface area contributed by atoms with Gasteiger partial charge in [0, 0.05) is 12.0 Å². The first-order chi connectivity index (χ1) is 8.70. The van der Waals surface area contributed by atoms with Gasteiger partial charge in [-0.25, -0.2) is 4.79 Å². The normalized spacial score (nSPS) is 12.1. The molecule has 3 heteroatoms. The maximum Gasteiger partial charge on any atom is 0.337 e. The van der Waals surface area contributed by atoms with E-state index in [1.807, 2.05) is 25.1 Å². The molecule has 1 N–H and O–H groups in total. The number of aryl methyl sites for hydroxylation is 1. The maximum atomic E-state index is 11.2. The van der Waals surface area contributed by atoms with E-state index in [1.165, 1.54) is 5.56 Å².